The SMILES string of the molecule is CO[C@@H](C)C(=O)N1N=C(c2cc(Cl)ccc2F)SC1(CCCN)c1ccccc1. The Morgan fingerprint density at radius 2 is 2.07 bits per heavy atom. The topological polar surface area (TPSA) is 67.9 Å². The highest BCUT2D eigenvalue weighted by atomic mass is 35.5. The molecule has 5 nitrogen and oxygen atoms in total. The quantitative estimate of drug-likeness (QED) is 0.702. The molecule has 2 atom stereocenters. The predicted molar refractivity (Wildman–Crippen MR) is 115 cm³/mol. The fraction of sp³-hybridized carbons (Fsp3) is 0.333. The molecule has 0 saturated heterocycles. The first-order chi connectivity index (χ1) is 13.9. The van der Waals surface area contributed by atoms with Gasteiger partial charge in [0.25, 0.3) is 5.91 Å². The maximum absolute atomic E-state index is 14.6. The lowest BCUT2D eigenvalue weighted by Gasteiger charge is -2.36. The standard InChI is InChI=1S/C21H23ClFN3O2S/c1-14(28-2)20(27)26-21(11-6-12-24,15-7-4-3-5-8-15)29-19(25-26)17-13-16(22)9-10-18(17)23/h3-5,7-10,13-14H,6,11-12,24H2,1-2H3/t14-,21?/m0/s1. The van der Waals surface area contributed by atoms with Crippen LogP contribution in [0.4, 0.5) is 4.39 Å². The highest BCUT2D eigenvalue weighted by Crippen LogP contribution is 2.50. The summed E-state index contributed by atoms with van der Waals surface area (Å²) in [6, 6.07) is 13.9. The van der Waals surface area contributed by atoms with Gasteiger partial charge in [0.05, 0.1) is 0 Å². The molecule has 1 unspecified atom stereocenters. The maximum atomic E-state index is 14.6. The summed E-state index contributed by atoms with van der Waals surface area (Å²) in [6.45, 7) is 2.12. The molecule has 0 aliphatic carbocycles. The zero-order valence-corrected chi connectivity index (χ0v) is 17.8. The monoisotopic (exact) mass is 435 g/mol. The number of halogens is 2. The second kappa shape index (κ2) is 9.26. The maximum Gasteiger partial charge on any atom is 0.273 e. The van der Waals surface area contributed by atoms with Crippen molar-refractivity contribution < 1.29 is 13.9 Å². The van der Waals surface area contributed by atoms with E-state index < -0.39 is 16.8 Å². The molecule has 29 heavy (non-hydrogen) atoms. The minimum atomic E-state index is -0.853. The third-order valence-electron chi connectivity index (χ3n) is 4.81. The molecule has 154 valence electrons. The zero-order valence-electron chi connectivity index (χ0n) is 16.3. The smallest absolute Gasteiger partial charge is 0.273 e. The van der Waals surface area contributed by atoms with E-state index in [0.717, 1.165) is 5.56 Å². The highest BCUT2D eigenvalue weighted by Gasteiger charge is 2.49. The average Bonchev–Trinajstić information content (AvgIpc) is 3.14. The summed E-state index contributed by atoms with van der Waals surface area (Å²) in [5, 5.41) is 6.77. The minimum Gasteiger partial charge on any atom is -0.372 e. The molecule has 1 aliphatic rings. The zero-order chi connectivity index (χ0) is 21.0. The minimum absolute atomic E-state index is 0.260. The Morgan fingerprint density at radius 3 is 2.72 bits per heavy atom. The van der Waals surface area contributed by atoms with Crippen LogP contribution < -0.4 is 5.73 Å². The van der Waals surface area contributed by atoms with Crippen LogP contribution in [0.1, 0.15) is 30.9 Å². The van der Waals surface area contributed by atoms with Crippen molar-refractivity contribution in [3.63, 3.8) is 0 Å². The average molecular weight is 436 g/mol. The van der Waals surface area contributed by atoms with Gasteiger partial charge in [-0.1, -0.05) is 53.7 Å². The molecular weight excluding hydrogens is 413 g/mol. The van der Waals surface area contributed by atoms with E-state index in [1.807, 2.05) is 30.3 Å². The number of methoxy groups -OCH3 is 1. The second-order valence-corrected chi connectivity index (χ2v) is 8.40. The lowest BCUT2D eigenvalue weighted by Crippen LogP contribution is -2.46. The summed E-state index contributed by atoms with van der Waals surface area (Å²) >= 11 is 7.43. The Hall–Kier alpha value is -1.93. The Balaban J connectivity index is 2.15. The molecule has 2 N–H and O–H groups in total. The van der Waals surface area contributed by atoms with Gasteiger partial charge in [-0.05, 0) is 50.1 Å². The van der Waals surface area contributed by atoms with Crippen LogP contribution in [0.2, 0.25) is 5.02 Å². The molecule has 2 aromatic carbocycles. The number of amides is 1. The van der Waals surface area contributed by atoms with Crippen molar-refractivity contribution in [2.75, 3.05) is 13.7 Å². The molecule has 0 radical (unpaired) electrons. The summed E-state index contributed by atoms with van der Waals surface area (Å²) in [5.41, 5.74) is 6.93. The fourth-order valence-corrected chi connectivity index (χ4v) is 4.79. The van der Waals surface area contributed by atoms with Crippen LogP contribution in [-0.4, -0.2) is 35.7 Å². The lowest BCUT2D eigenvalue weighted by molar-refractivity contribution is -0.144. The number of benzene rings is 2. The number of carbonyl (C=O) groups is 1. The van der Waals surface area contributed by atoms with E-state index in [-0.39, 0.29) is 11.5 Å². The molecule has 8 heteroatoms. The second-order valence-electron chi connectivity index (χ2n) is 6.70. The number of hydrazone groups is 1. The van der Waals surface area contributed by atoms with Crippen LogP contribution in [0.25, 0.3) is 0 Å². The molecule has 0 aromatic heterocycles. The molecule has 0 bridgehead atoms. The summed E-state index contributed by atoms with van der Waals surface area (Å²) in [7, 11) is 1.47. The number of nitrogens with zero attached hydrogens (tertiary/aromatic N) is 2. The van der Waals surface area contributed by atoms with Gasteiger partial charge in [0.15, 0.2) is 0 Å². The van der Waals surface area contributed by atoms with E-state index in [1.54, 1.807) is 6.92 Å². The summed E-state index contributed by atoms with van der Waals surface area (Å²) < 4.78 is 19.8. The van der Waals surface area contributed by atoms with Crippen LogP contribution >= 0.6 is 23.4 Å². The molecule has 0 saturated carbocycles. The normalized spacial score (nSPS) is 19.9. The number of rotatable bonds is 7. The van der Waals surface area contributed by atoms with Crippen LogP contribution in [0.3, 0.4) is 0 Å². The van der Waals surface area contributed by atoms with E-state index in [0.29, 0.717) is 29.5 Å². The lowest BCUT2D eigenvalue weighted by atomic mass is 10.00. The molecule has 1 aliphatic heterocycles. The molecule has 0 fully saturated rings. The van der Waals surface area contributed by atoms with Crippen molar-refractivity contribution in [2.24, 2.45) is 10.8 Å². The number of carbonyl (C=O) groups excluding carboxylic acids is 1. The van der Waals surface area contributed by atoms with Gasteiger partial charge >= 0.3 is 0 Å². The van der Waals surface area contributed by atoms with Crippen molar-refractivity contribution in [3.05, 3.63) is 70.5 Å². The van der Waals surface area contributed by atoms with Crippen LogP contribution in [0, 0.1) is 5.82 Å². The molecule has 0 spiro atoms. The fourth-order valence-electron chi connectivity index (χ4n) is 3.19. The van der Waals surface area contributed by atoms with Gasteiger partial charge in [-0.15, -0.1) is 0 Å². The van der Waals surface area contributed by atoms with Crippen molar-refractivity contribution >= 4 is 34.3 Å². The van der Waals surface area contributed by atoms with Gasteiger partial charge in [0.2, 0.25) is 0 Å². The Kier molecular flexibility index (Phi) is 6.95. The Morgan fingerprint density at radius 1 is 1.34 bits per heavy atom. The van der Waals surface area contributed by atoms with E-state index in [1.165, 1.54) is 42.1 Å². The van der Waals surface area contributed by atoms with Crippen molar-refractivity contribution in [2.45, 2.75) is 30.7 Å². The first kappa shape index (κ1) is 21.8. The van der Waals surface area contributed by atoms with Crippen LogP contribution in [0.15, 0.2) is 53.6 Å². The molecule has 3 rings (SSSR count). The molecular formula is C21H23ClFN3O2S. The van der Waals surface area contributed by atoms with Crippen molar-refractivity contribution in [1.29, 1.82) is 0 Å². The van der Waals surface area contributed by atoms with Crippen molar-refractivity contribution in [1.82, 2.24) is 5.01 Å². The number of hydrogen-bond acceptors (Lipinski definition) is 5. The number of ether oxygens (including phenoxy) is 1. The van der Waals surface area contributed by atoms with Crippen LogP contribution in [0.5, 0.6) is 0 Å². The summed E-state index contributed by atoms with van der Waals surface area (Å²) in [4.78, 5) is 12.3. The number of thioether (sulfide) groups is 1. The largest absolute Gasteiger partial charge is 0.372 e. The third kappa shape index (κ3) is 4.33. The van der Waals surface area contributed by atoms with E-state index >= 15 is 0 Å². The highest BCUT2D eigenvalue weighted by molar-refractivity contribution is 8.15. The van der Waals surface area contributed by atoms with E-state index in [2.05, 4.69) is 5.10 Å². The van der Waals surface area contributed by atoms with Gasteiger partial charge in [0, 0.05) is 17.7 Å². The van der Waals surface area contributed by atoms with E-state index in [9.17, 15) is 9.18 Å². The van der Waals surface area contributed by atoms with Gasteiger partial charge < -0.3 is 10.5 Å². The predicted octanol–water partition coefficient (Wildman–Crippen LogP) is 4.34. The molecule has 2 aromatic rings. The van der Waals surface area contributed by atoms with Gasteiger partial charge in [-0.3, -0.25) is 4.79 Å². The Bertz CT molecular complexity index is 912. The third-order valence-corrected chi connectivity index (χ3v) is 6.49. The van der Waals surface area contributed by atoms with Crippen LogP contribution in [-0.2, 0) is 14.4 Å². The van der Waals surface area contributed by atoms with Gasteiger partial charge in [-0.2, -0.15) is 5.10 Å². The molecule has 1 heterocycles. The number of nitrogens with two attached hydrogens (primary N) is 1. The first-order valence-electron chi connectivity index (χ1n) is 9.28. The summed E-state index contributed by atoms with van der Waals surface area (Å²) in [6.07, 6.45) is 0.507. The van der Waals surface area contributed by atoms with Gasteiger partial charge in [0.1, 0.15) is 21.8 Å². The molecule has 1 amide bonds. The summed E-state index contributed by atoms with van der Waals surface area (Å²) in [5.74, 6) is -0.756. The Labute approximate surface area is 179 Å². The van der Waals surface area contributed by atoms with E-state index in [4.69, 9.17) is 22.1 Å². The first-order valence-corrected chi connectivity index (χ1v) is 10.5. The number of hydrogen-bond donors (Lipinski definition) is 1. The van der Waals surface area contributed by atoms with Gasteiger partial charge in [-0.25, -0.2) is 9.40 Å². The van der Waals surface area contributed by atoms with Crippen molar-refractivity contribution in [3.8, 4) is 0 Å².